The van der Waals surface area contributed by atoms with Crippen LogP contribution in [-0.2, 0) is 0 Å². The SMILES string of the molecule is [CH2]CN(C)c1cnccn1. The van der Waals surface area contributed by atoms with Crippen molar-refractivity contribution in [2.75, 3.05) is 18.5 Å². The highest BCUT2D eigenvalue weighted by Crippen LogP contribution is 2.02. The second kappa shape index (κ2) is 3.15. The van der Waals surface area contributed by atoms with Crippen molar-refractivity contribution >= 4 is 5.82 Å². The number of rotatable bonds is 2. The molecule has 1 aromatic heterocycles. The largest absolute Gasteiger partial charge is 0.358 e. The van der Waals surface area contributed by atoms with E-state index in [0.717, 1.165) is 5.82 Å². The molecule has 0 atom stereocenters. The van der Waals surface area contributed by atoms with E-state index in [4.69, 9.17) is 0 Å². The van der Waals surface area contributed by atoms with Crippen LogP contribution in [-0.4, -0.2) is 23.6 Å². The Kier molecular flexibility index (Phi) is 2.20. The van der Waals surface area contributed by atoms with E-state index in [-0.39, 0.29) is 0 Å². The van der Waals surface area contributed by atoms with Crippen molar-refractivity contribution < 1.29 is 0 Å². The molecule has 0 bridgehead atoms. The predicted octanol–water partition coefficient (Wildman–Crippen LogP) is 0.747. The van der Waals surface area contributed by atoms with E-state index < -0.39 is 0 Å². The molecule has 0 aliphatic carbocycles. The summed E-state index contributed by atoms with van der Waals surface area (Å²) in [5.41, 5.74) is 0. The van der Waals surface area contributed by atoms with E-state index in [1.165, 1.54) is 0 Å². The first-order valence-electron chi connectivity index (χ1n) is 3.11. The summed E-state index contributed by atoms with van der Waals surface area (Å²) < 4.78 is 0. The molecule has 0 fully saturated rings. The van der Waals surface area contributed by atoms with Crippen LogP contribution in [0.2, 0.25) is 0 Å². The van der Waals surface area contributed by atoms with Gasteiger partial charge in [0.25, 0.3) is 0 Å². The highest BCUT2D eigenvalue weighted by atomic mass is 15.2. The van der Waals surface area contributed by atoms with Crippen molar-refractivity contribution in [3.05, 3.63) is 25.5 Å². The highest BCUT2D eigenvalue weighted by Gasteiger charge is 1.95. The van der Waals surface area contributed by atoms with E-state index in [9.17, 15) is 0 Å². The first-order valence-corrected chi connectivity index (χ1v) is 3.11. The molecule has 1 aromatic rings. The van der Waals surface area contributed by atoms with Crippen molar-refractivity contribution in [1.29, 1.82) is 0 Å². The van der Waals surface area contributed by atoms with Crippen molar-refractivity contribution in [2.24, 2.45) is 0 Å². The smallest absolute Gasteiger partial charge is 0.146 e. The molecule has 1 heterocycles. The maximum Gasteiger partial charge on any atom is 0.146 e. The molecule has 0 aliphatic rings. The normalized spacial score (nSPS) is 9.40. The summed E-state index contributed by atoms with van der Waals surface area (Å²) in [6.45, 7) is 4.43. The van der Waals surface area contributed by atoms with Gasteiger partial charge in [-0.25, -0.2) is 4.98 Å². The molecule has 0 spiro atoms. The summed E-state index contributed by atoms with van der Waals surface area (Å²) in [5.74, 6) is 0.859. The lowest BCUT2D eigenvalue weighted by Crippen LogP contribution is -2.17. The Hall–Kier alpha value is -1.12. The zero-order valence-corrected chi connectivity index (χ0v) is 5.99. The number of aromatic nitrogens is 2. The highest BCUT2D eigenvalue weighted by molar-refractivity contribution is 5.33. The predicted molar refractivity (Wildman–Crippen MR) is 40.7 cm³/mol. The number of hydrogen-bond donors (Lipinski definition) is 0. The van der Waals surface area contributed by atoms with Gasteiger partial charge in [0, 0.05) is 26.0 Å². The molecule has 0 N–H and O–H groups in total. The maximum absolute atomic E-state index is 4.07. The fraction of sp³-hybridized carbons (Fsp3) is 0.286. The zero-order valence-electron chi connectivity index (χ0n) is 5.99. The molecule has 0 aliphatic heterocycles. The summed E-state index contributed by atoms with van der Waals surface area (Å²) in [7, 11) is 1.93. The summed E-state index contributed by atoms with van der Waals surface area (Å²) in [6.07, 6.45) is 5.03. The van der Waals surface area contributed by atoms with Gasteiger partial charge in [0.05, 0.1) is 6.20 Å². The molecular formula is C7H10N3. The van der Waals surface area contributed by atoms with E-state index in [1.54, 1.807) is 18.6 Å². The Morgan fingerprint density at radius 3 is 2.90 bits per heavy atom. The molecular weight excluding hydrogens is 126 g/mol. The Morgan fingerprint density at radius 1 is 1.60 bits per heavy atom. The Morgan fingerprint density at radius 2 is 2.40 bits per heavy atom. The standard InChI is InChI=1S/C7H10N3/c1-3-10(2)7-6-8-4-5-9-7/h4-6H,1,3H2,2H3. The van der Waals surface area contributed by atoms with Gasteiger partial charge in [-0.2, -0.15) is 0 Å². The van der Waals surface area contributed by atoms with Crippen LogP contribution in [0.25, 0.3) is 0 Å². The monoisotopic (exact) mass is 136 g/mol. The molecule has 1 rings (SSSR count). The average Bonchev–Trinajstić information content (AvgIpc) is 2.05. The summed E-state index contributed by atoms with van der Waals surface area (Å²) in [4.78, 5) is 9.92. The van der Waals surface area contributed by atoms with Crippen molar-refractivity contribution in [2.45, 2.75) is 0 Å². The van der Waals surface area contributed by atoms with Crippen LogP contribution >= 0.6 is 0 Å². The summed E-state index contributed by atoms with van der Waals surface area (Å²) >= 11 is 0. The van der Waals surface area contributed by atoms with Crippen LogP contribution in [0.3, 0.4) is 0 Å². The molecule has 3 nitrogen and oxygen atoms in total. The number of hydrogen-bond acceptors (Lipinski definition) is 3. The lowest BCUT2D eigenvalue weighted by atomic mass is 10.5. The van der Waals surface area contributed by atoms with Crippen molar-refractivity contribution in [3.63, 3.8) is 0 Å². The van der Waals surface area contributed by atoms with Gasteiger partial charge in [-0.05, 0) is 6.92 Å². The Balaban J connectivity index is 2.75. The molecule has 0 aromatic carbocycles. The van der Waals surface area contributed by atoms with E-state index in [0.29, 0.717) is 6.54 Å². The van der Waals surface area contributed by atoms with Crippen LogP contribution in [0.4, 0.5) is 5.82 Å². The van der Waals surface area contributed by atoms with Crippen molar-refractivity contribution in [1.82, 2.24) is 9.97 Å². The second-order valence-corrected chi connectivity index (χ2v) is 1.99. The molecule has 1 radical (unpaired) electrons. The van der Waals surface area contributed by atoms with E-state index in [1.807, 2.05) is 11.9 Å². The van der Waals surface area contributed by atoms with Gasteiger partial charge in [-0.15, -0.1) is 0 Å². The van der Waals surface area contributed by atoms with Gasteiger partial charge in [0.15, 0.2) is 0 Å². The number of nitrogens with zero attached hydrogens (tertiary/aromatic N) is 3. The Labute approximate surface area is 60.7 Å². The maximum atomic E-state index is 4.07. The minimum atomic E-state index is 0.707. The third kappa shape index (κ3) is 1.43. The first kappa shape index (κ1) is 6.99. The fourth-order valence-corrected chi connectivity index (χ4v) is 0.603. The fourth-order valence-electron chi connectivity index (χ4n) is 0.603. The van der Waals surface area contributed by atoms with Gasteiger partial charge in [-0.1, -0.05) is 0 Å². The Bertz CT molecular complexity index is 185. The summed E-state index contributed by atoms with van der Waals surface area (Å²) in [5, 5.41) is 0. The molecule has 0 saturated carbocycles. The number of anilines is 1. The second-order valence-electron chi connectivity index (χ2n) is 1.99. The molecule has 3 heteroatoms. The van der Waals surface area contributed by atoms with Gasteiger partial charge in [0.1, 0.15) is 5.82 Å². The van der Waals surface area contributed by atoms with Crippen LogP contribution in [0.1, 0.15) is 0 Å². The third-order valence-corrected chi connectivity index (χ3v) is 1.28. The lowest BCUT2D eigenvalue weighted by molar-refractivity contribution is 0.973. The van der Waals surface area contributed by atoms with Crippen molar-refractivity contribution in [3.8, 4) is 0 Å². The minimum Gasteiger partial charge on any atom is -0.358 e. The molecule has 10 heavy (non-hydrogen) atoms. The van der Waals surface area contributed by atoms with Crippen LogP contribution in [0, 0.1) is 6.92 Å². The lowest BCUT2D eigenvalue weighted by Gasteiger charge is -2.13. The third-order valence-electron chi connectivity index (χ3n) is 1.28. The quantitative estimate of drug-likeness (QED) is 0.600. The molecule has 0 amide bonds. The van der Waals surface area contributed by atoms with Gasteiger partial charge < -0.3 is 4.90 Å². The molecule has 53 valence electrons. The van der Waals surface area contributed by atoms with Crippen LogP contribution < -0.4 is 4.90 Å². The van der Waals surface area contributed by atoms with E-state index in [2.05, 4.69) is 16.9 Å². The van der Waals surface area contributed by atoms with Gasteiger partial charge >= 0.3 is 0 Å². The van der Waals surface area contributed by atoms with Crippen LogP contribution in [0.5, 0.6) is 0 Å². The van der Waals surface area contributed by atoms with Gasteiger partial charge in [-0.3, -0.25) is 4.98 Å². The summed E-state index contributed by atoms with van der Waals surface area (Å²) in [6, 6.07) is 0. The molecule has 0 unspecified atom stereocenters. The van der Waals surface area contributed by atoms with Crippen LogP contribution in [0.15, 0.2) is 18.6 Å². The minimum absolute atomic E-state index is 0.707. The zero-order chi connectivity index (χ0) is 7.40. The average molecular weight is 136 g/mol. The van der Waals surface area contributed by atoms with Gasteiger partial charge in [0.2, 0.25) is 0 Å². The van der Waals surface area contributed by atoms with E-state index >= 15 is 0 Å². The topological polar surface area (TPSA) is 29.0 Å². The first-order chi connectivity index (χ1) is 4.84. The molecule has 0 saturated heterocycles.